The first-order valence-corrected chi connectivity index (χ1v) is 6.03. The molecule has 1 saturated heterocycles. The molecule has 1 heteroatoms. The Kier molecular flexibility index (Phi) is 3.42. The molecule has 0 radical (unpaired) electrons. The van der Waals surface area contributed by atoms with Crippen molar-refractivity contribution in [2.24, 2.45) is 5.92 Å². The summed E-state index contributed by atoms with van der Waals surface area (Å²) >= 11 is 0. The number of likely N-dealkylation sites (tertiary alicyclic amines) is 1. The molecule has 1 aliphatic heterocycles. The van der Waals surface area contributed by atoms with Crippen molar-refractivity contribution < 1.29 is 0 Å². The highest BCUT2D eigenvalue weighted by Gasteiger charge is 2.24. The molecule has 1 fully saturated rings. The molecule has 1 aliphatic rings. The molecular weight excluding hydrogens is 182 g/mol. The van der Waals surface area contributed by atoms with Gasteiger partial charge in [-0.05, 0) is 30.9 Å². The van der Waals surface area contributed by atoms with E-state index in [1.165, 1.54) is 31.5 Å². The third-order valence-electron chi connectivity index (χ3n) is 3.57. The molecule has 2 atom stereocenters. The normalized spacial score (nSPS) is 27.9. The zero-order chi connectivity index (χ0) is 10.7. The van der Waals surface area contributed by atoms with E-state index in [2.05, 4.69) is 49.2 Å². The molecule has 0 aromatic heterocycles. The van der Waals surface area contributed by atoms with Gasteiger partial charge in [0, 0.05) is 13.1 Å². The van der Waals surface area contributed by atoms with E-state index in [4.69, 9.17) is 0 Å². The van der Waals surface area contributed by atoms with Crippen LogP contribution in [0.25, 0.3) is 0 Å². The molecule has 0 aliphatic carbocycles. The largest absolute Gasteiger partial charge is 0.305 e. The quantitative estimate of drug-likeness (QED) is 0.714. The summed E-state index contributed by atoms with van der Waals surface area (Å²) in [6.45, 7) is 4.81. The maximum absolute atomic E-state index is 2.48. The number of hydrogen-bond donors (Lipinski definition) is 0. The molecule has 1 aromatic carbocycles. The molecule has 1 nitrogen and oxygen atoms in total. The van der Waals surface area contributed by atoms with Crippen LogP contribution in [0.2, 0.25) is 0 Å². The molecular formula is C14H21N. The predicted molar refractivity (Wildman–Crippen MR) is 65.1 cm³/mol. The van der Waals surface area contributed by atoms with Crippen LogP contribution in [0.1, 0.15) is 31.2 Å². The second kappa shape index (κ2) is 4.80. The minimum Gasteiger partial charge on any atom is -0.305 e. The minimum absolute atomic E-state index is 0.745. The lowest BCUT2D eigenvalue weighted by Crippen LogP contribution is -2.36. The van der Waals surface area contributed by atoms with E-state index in [-0.39, 0.29) is 0 Å². The van der Waals surface area contributed by atoms with Crippen molar-refractivity contribution in [1.82, 2.24) is 4.90 Å². The lowest BCUT2D eigenvalue weighted by atomic mass is 9.84. The predicted octanol–water partition coefficient (Wildman–Crippen LogP) is 3.13. The molecule has 82 valence electrons. The summed E-state index contributed by atoms with van der Waals surface area (Å²) in [5.41, 5.74) is 1.52. The smallest absolute Gasteiger partial charge is 0.00474 e. The van der Waals surface area contributed by atoms with Gasteiger partial charge in [0.25, 0.3) is 0 Å². The van der Waals surface area contributed by atoms with Gasteiger partial charge in [-0.3, -0.25) is 0 Å². The van der Waals surface area contributed by atoms with E-state index in [1.54, 1.807) is 0 Å². The number of hydrogen-bond acceptors (Lipinski definition) is 1. The Morgan fingerprint density at radius 2 is 1.93 bits per heavy atom. The molecule has 1 heterocycles. The van der Waals surface area contributed by atoms with Gasteiger partial charge in [-0.2, -0.15) is 0 Å². The summed E-state index contributed by atoms with van der Waals surface area (Å²) in [6.07, 6.45) is 2.68. The van der Waals surface area contributed by atoms with Crippen molar-refractivity contribution in [3.05, 3.63) is 35.9 Å². The van der Waals surface area contributed by atoms with Crippen LogP contribution in [0.5, 0.6) is 0 Å². The van der Waals surface area contributed by atoms with Gasteiger partial charge >= 0.3 is 0 Å². The highest BCUT2D eigenvalue weighted by Crippen LogP contribution is 2.30. The number of rotatable bonds is 2. The van der Waals surface area contributed by atoms with E-state index in [1.807, 2.05) is 0 Å². The van der Waals surface area contributed by atoms with Gasteiger partial charge < -0.3 is 4.90 Å². The zero-order valence-electron chi connectivity index (χ0n) is 9.82. The zero-order valence-corrected chi connectivity index (χ0v) is 9.82. The average Bonchev–Trinajstić information content (AvgIpc) is 2.29. The molecule has 0 N–H and O–H groups in total. The van der Waals surface area contributed by atoms with Crippen LogP contribution in [0.15, 0.2) is 30.3 Å². The van der Waals surface area contributed by atoms with Gasteiger partial charge in [0.15, 0.2) is 0 Å². The molecule has 0 unspecified atom stereocenters. The molecule has 2 rings (SSSR count). The van der Waals surface area contributed by atoms with E-state index < -0.39 is 0 Å². The van der Waals surface area contributed by atoms with E-state index in [0.29, 0.717) is 0 Å². The van der Waals surface area contributed by atoms with Gasteiger partial charge in [0.05, 0.1) is 0 Å². The van der Waals surface area contributed by atoms with Crippen LogP contribution in [-0.4, -0.2) is 25.0 Å². The Bertz CT molecular complexity index is 293. The highest BCUT2D eigenvalue weighted by atomic mass is 15.1. The lowest BCUT2D eigenvalue weighted by molar-refractivity contribution is 0.183. The lowest BCUT2D eigenvalue weighted by Gasteiger charge is -2.35. The topological polar surface area (TPSA) is 3.24 Å². The fourth-order valence-corrected chi connectivity index (χ4v) is 2.71. The van der Waals surface area contributed by atoms with Crippen molar-refractivity contribution in [1.29, 1.82) is 0 Å². The van der Waals surface area contributed by atoms with Crippen molar-refractivity contribution in [3.8, 4) is 0 Å². The highest BCUT2D eigenvalue weighted by molar-refractivity contribution is 5.20. The second-order valence-electron chi connectivity index (χ2n) is 4.84. The molecule has 0 saturated carbocycles. The van der Waals surface area contributed by atoms with Gasteiger partial charge in [-0.1, -0.05) is 43.7 Å². The van der Waals surface area contributed by atoms with Crippen LogP contribution in [0.3, 0.4) is 0 Å². The van der Waals surface area contributed by atoms with Crippen LogP contribution in [0.4, 0.5) is 0 Å². The molecule has 0 amide bonds. The standard InChI is InChI=1S/C14H21N/c1-3-12-9-14(11-15(2)10-12)13-7-5-4-6-8-13/h4-8,12,14H,3,9-11H2,1-2H3/t12-,14+/m1/s1. The van der Waals surface area contributed by atoms with Gasteiger partial charge in [-0.25, -0.2) is 0 Å². The van der Waals surface area contributed by atoms with Gasteiger partial charge in [0.2, 0.25) is 0 Å². The summed E-state index contributed by atoms with van der Waals surface area (Å²) in [6, 6.07) is 11.0. The van der Waals surface area contributed by atoms with Crippen LogP contribution in [-0.2, 0) is 0 Å². The first kappa shape index (κ1) is 10.7. The van der Waals surface area contributed by atoms with Crippen molar-refractivity contribution in [2.75, 3.05) is 20.1 Å². The Balaban J connectivity index is 2.09. The fourth-order valence-electron chi connectivity index (χ4n) is 2.71. The van der Waals surface area contributed by atoms with Crippen molar-refractivity contribution in [3.63, 3.8) is 0 Å². The Morgan fingerprint density at radius 3 is 2.60 bits per heavy atom. The second-order valence-corrected chi connectivity index (χ2v) is 4.84. The molecule has 1 aromatic rings. The number of piperidine rings is 1. The first-order chi connectivity index (χ1) is 7.29. The van der Waals surface area contributed by atoms with Crippen molar-refractivity contribution in [2.45, 2.75) is 25.7 Å². The number of benzene rings is 1. The third-order valence-corrected chi connectivity index (χ3v) is 3.57. The number of nitrogens with zero attached hydrogens (tertiary/aromatic N) is 1. The van der Waals surface area contributed by atoms with Crippen LogP contribution in [0, 0.1) is 5.92 Å². The first-order valence-electron chi connectivity index (χ1n) is 6.03. The van der Waals surface area contributed by atoms with Gasteiger partial charge in [-0.15, -0.1) is 0 Å². The summed E-state index contributed by atoms with van der Waals surface area (Å²) in [7, 11) is 2.25. The molecule has 0 spiro atoms. The summed E-state index contributed by atoms with van der Waals surface area (Å²) in [5.74, 6) is 1.63. The van der Waals surface area contributed by atoms with Gasteiger partial charge in [0.1, 0.15) is 0 Å². The van der Waals surface area contributed by atoms with Crippen molar-refractivity contribution >= 4 is 0 Å². The van der Waals surface area contributed by atoms with E-state index >= 15 is 0 Å². The third kappa shape index (κ3) is 2.60. The monoisotopic (exact) mass is 203 g/mol. The Morgan fingerprint density at radius 1 is 1.20 bits per heavy atom. The number of likely N-dealkylation sites (N-methyl/N-ethyl adjacent to an activating group) is 1. The Hall–Kier alpha value is -0.820. The minimum atomic E-state index is 0.745. The van der Waals surface area contributed by atoms with E-state index in [0.717, 1.165) is 11.8 Å². The summed E-state index contributed by atoms with van der Waals surface area (Å²) < 4.78 is 0. The van der Waals surface area contributed by atoms with E-state index in [9.17, 15) is 0 Å². The van der Waals surface area contributed by atoms with Crippen LogP contribution >= 0.6 is 0 Å². The maximum atomic E-state index is 2.48. The maximum Gasteiger partial charge on any atom is 0.00474 e. The summed E-state index contributed by atoms with van der Waals surface area (Å²) in [5, 5.41) is 0. The molecule has 0 bridgehead atoms. The average molecular weight is 203 g/mol. The van der Waals surface area contributed by atoms with Crippen LogP contribution < -0.4 is 0 Å². The SMILES string of the molecule is CC[C@@H]1C[C@H](c2ccccc2)CN(C)C1. The Labute approximate surface area is 93.1 Å². The fraction of sp³-hybridized carbons (Fsp3) is 0.571. The summed E-state index contributed by atoms with van der Waals surface area (Å²) in [4.78, 5) is 2.48. The molecule has 15 heavy (non-hydrogen) atoms.